The van der Waals surface area contributed by atoms with Crippen LogP contribution < -0.4 is 5.32 Å². The standard InChI is InChI=1S/C22H24ClN5O3S/c23-20-7-1-2-8-21(20)32(30,31)28-13-11-26(12-14-28)22(29)24-16-18-5-3-6-19(15-18)17-27-10-4-9-25-27/h1-10,15H,11-14,16-17H2,(H,24,29). The minimum atomic E-state index is -3.69. The number of hydrogen-bond donors (Lipinski definition) is 1. The third-order valence-electron chi connectivity index (χ3n) is 5.32. The third kappa shape index (κ3) is 5.12. The van der Waals surface area contributed by atoms with Gasteiger partial charge in [0.15, 0.2) is 0 Å². The Morgan fingerprint density at radius 3 is 2.47 bits per heavy atom. The molecule has 2 amide bonds. The molecule has 3 aromatic rings. The van der Waals surface area contributed by atoms with E-state index in [1.54, 1.807) is 29.3 Å². The summed E-state index contributed by atoms with van der Waals surface area (Å²) in [6, 6.07) is 16.0. The average molecular weight is 474 g/mol. The van der Waals surface area contributed by atoms with Crippen LogP contribution in [0.4, 0.5) is 4.79 Å². The van der Waals surface area contributed by atoms with Crippen molar-refractivity contribution in [2.24, 2.45) is 0 Å². The largest absolute Gasteiger partial charge is 0.334 e. The minimum absolute atomic E-state index is 0.0922. The molecule has 2 aromatic carbocycles. The number of nitrogens with zero attached hydrogens (tertiary/aromatic N) is 4. The van der Waals surface area contributed by atoms with Crippen molar-refractivity contribution in [2.45, 2.75) is 18.0 Å². The Hall–Kier alpha value is -2.88. The van der Waals surface area contributed by atoms with Gasteiger partial charge < -0.3 is 10.2 Å². The van der Waals surface area contributed by atoms with Crippen molar-refractivity contribution < 1.29 is 13.2 Å². The lowest BCUT2D eigenvalue weighted by Crippen LogP contribution is -2.53. The van der Waals surface area contributed by atoms with Crippen molar-refractivity contribution in [2.75, 3.05) is 26.2 Å². The number of halogens is 1. The Balaban J connectivity index is 1.30. The zero-order valence-electron chi connectivity index (χ0n) is 17.4. The van der Waals surface area contributed by atoms with Crippen LogP contribution in [0.5, 0.6) is 0 Å². The Bertz CT molecular complexity index is 1180. The van der Waals surface area contributed by atoms with Gasteiger partial charge in [0.05, 0.1) is 11.6 Å². The number of rotatable bonds is 6. The van der Waals surface area contributed by atoms with Crippen molar-refractivity contribution >= 4 is 27.7 Å². The van der Waals surface area contributed by atoms with Gasteiger partial charge in [-0.3, -0.25) is 4.68 Å². The van der Waals surface area contributed by atoms with E-state index in [9.17, 15) is 13.2 Å². The van der Waals surface area contributed by atoms with Crippen molar-refractivity contribution in [1.29, 1.82) is 0 Å². The lowest BCUT2D eigenvalue weighted by atomic mass is 10.1. The van der Waals surface area contributed by atoms with Crippen LogP contribution in [-0.4, -0.2) is 59.6 Å². The molecule has 1 aliphatic heterocycles. The molecule has 0 unspecified atom stereocenters. The van der Waals surface area contributed by atoms with E-state index in [1.807, 2.05) is 41.2 Å². The van der Waals surface area contributed by atoms with Gasteiger partial charge in [-0.1, -0.05) is 48.0 Å². The van der Waals surface area contributed by atoms with Crippen molar-refractivity contribution in [3.05, 3.63) is 83.1 Å². The SMILES string of the molecule is O=C(NCc1cccc(Cn2cccn2)c1)N1CCN(S(=O)(=O)c2ccccc2Cl)CC1. The molecule has 2 heterocycles. The van der Waals surface area contributed by atoms with E-state index >= 15 is 0 Å². The summed E-state index contributed by atoms with van der Waals surface area (Å²) >= 11 is 6.07. The quantitative estimate of drug-likeness (QED) is 0.596. The fraction of sp³-hybridized carbons (Fsp3) is 0.273. The lowest BCUT2D eigenvalue weighted by Gasteiger charge is -2.34. The van der Waals surface area contributed by atoms with E-state index in [0.717, 1.165) is 11.1 Å². The molecule has 0 bridgehead atoms. The van der Waals surface area contributed by atoms with Crippen LogP contribution in [0.3, 0.4) is 0 Å². The van der Waals surface area contributed by atoms with Crippen molar-refractivity contribution in [1.82, 2.24) is 24.3 Å². The number of piperazine rings is 1. The van der Waals surface area contributed by atoms with Crippen LogP contribution in [0.15, 0.2) is 71.9 Å². The van der Waals surface area contributed by atoms with E-state index in [-0.39, 0.29) is 29.0 Å². The highest BCUT2D eigenvalue weighted by Crippen LogP contribution is 2.25. The summed E-state index contributed by atoms with van der Waals surface area (Å²) in [5.41, 5.74) is 2.08. The molecule has 32 heavy (non-hydrogen) atoms. The van der Waals surface area contributed by atoms with Crippen LogP contribution in [-0.2, 0) is 23.1 Å². The summed E-state index contributed by atoms with van der Waals surface area (Å²) < 4.78 is 28.9. The van der Waals surface area contributed by atoms with Gasteiger partial charge >= 0.3 is 6.03 Å². The van der Waals surface area contributed by atoms with Gasteiger partial charge in [-0.15, -0.1) is 0 Å². The molecule has 1 N–H and O–H groups in total. The zero-order chi connectivity index (χ0) is 22.6. The molecule has 1 aliphatic rings. The number of amides is 2. The first-order valence-electron chi connectivity index (χ1n) is 10.3. The first-order chi connectivity index (χ1) is 15.4. The maximum Gasteiger partial charge on any atom is 0.317 e. The fourth-order valence-corrected chi connectivity index (χ4v) is 5.55. The van der Waals surface area contributed by atoms with Gasteiger partial charge in [-0.25, -0.2) is 13.2 Å². The number of benzene rings is 2. The molecule has 0 spiro atoms. The smallest absolute Gasteiger partial charge is 0.317 e. The fourth-order valence-electron chi connectivity index (χ4n) is 3.63. The molecule has 4 rings (SSSR count). The molecule has 1 saturated heterocycles. The van der Waals surface area contributed by atoms with E-state index in [0.29, 0.717) is 26.2 Å². The summed E-state index contributed by atoms with van der Waals surface area (Å²) in [5, 5.41) is 7.33. The maximum atomic E-state index is 12.9. The lowest BCUT2D eigenvalue weighted by molar-refractivity contribution is 0.172. The Morgan fingerprint density at radius 1 is 1.00 bits per heavy atom. The summed E-state index contributed by atoms with van der Waals surface area (Å²) in [6.07, 6.45) is 3.64. The summed E-state index contributed by atoms with van der Waals surface area (Å²) in [5.74, 6) is 0. The molecular formula is C22H24ClN5O3S. The molecule has 10 heteroatoms. The highest BCUT2D eigenvalue weighted by atomic mass is 35.5. The second-order valence-corrected chi connectivity index (χ2v) is 9.82. The number of nitrogens with one attached hydrogen (secondary N) is 1. The van der Waals surface area contributed by atoms with Crippen LogP contribution in [0.25, 0.3) is 0 Å². The van der Waals surface area contributed by atoms with Gasteiger partial charge in [0.25, 0.3) is 0 Å². The minimum Gasteiger partial charge on any atom is -0.334 e. The zero-order valence-corrected chi connectivity index (χ0v) is 19.0. The van der Waals surface area contributed by atoms with E-state index in [2.05, 4.69) is 10.4 Å². The highest BCUT2D eigenvalue weighted by Gasteiger charge is 2.31. The van der Waals surface area contributed by atoms with Gasteiger partial charge in [-0.2, -0.15) is 9.40 Å². The number of hydrogen-bond acceptors (Lipinski definition) is 4. The van der Waals surface area contributed by atoms with Crippen LogP contribution >= 0.6 is 11.6 Å². The first kappa shape index (κ1) is 22.3. The third-order valence-corrected chi connectivity index (χ3v) is 7.72. The predicted molar refractivity (Wildman–Crippen MR) is 122 cm³/mol. The Morgan fingerprint density at radius 2 is 1.75 bits per heavy atom. The van der Waals surface area contributed by atoms with Crippen LogP contribution in [0.1, 0.15) is 11.1 Å². The second kappa shape index (κ2) is 9.72. The molecule has 168 valence electrons. The van der Waals surface area contributed by atoms with Crippen molar-refractivity contribution in [3.8, 4) is 0 Å². The number of carbonyl (C=O) groups excluding carboxylic acids is 1. The Kier molecular flexibility index (Phi) is 6.78. The average Bonchev–Trinajstić information content (AvgIpc) is 3.31. The normalized spacial score (nSPS) is 15.0. The highest BCUT2D eigenvalue weighted by molar-refractivity contribution is 7.89. The summed E-state index contributed by atoms with van der Waals surface area (Å²) in [6.45, 7) is 2.13. The second-order valence-electron chi connectivity index (χ2n) is 7.50. The summed E-state index contributed by atoms with van der Waals surface area (Å²) in [4.78, 5) is 14.3. The van der Waals surface area contributed by atoms with E-state index < -0.39 is 10.0 Å². The Labute approximate surface area is 192 Å². The molecule has 1 fully saturated rings. The van der Waals surface area contributed by atoms with Gasteiger partial charge in [0.2, 0.25) is 10.0 Å². The molecular weight excluding hydrogens is 450 g/mol. The summed E-state index contributed by atoms with van der Waals surface area (Å²) in [7, 11) is -3.69. The van der Waals surface area contributed by atoms with Gasteiger partial charge in [0, 0.05) is 45.1 Å². The van der Waals surface area contributed by atoms with Gasteiger partial charge in [-0.05, 0) is 29.3 Å². The topological polar surface area (TPSA) is 87.5 Å². The predicted octanol–water partition coefficient (Wildman–Crippen LogP) is 2.80. The molecule has 0 saturated carbocycles. The number of sulfonamides is 1. The molecule has 0 atom stereocenters. The monoisotopic (exact) mass is 473 g/mol. The van der Waals surface area contributed by atoms with E-state index in [4.69, 9.17) is 11.6 Å². The van der Waals surface area contributed by atoms with E-state index in [1.165, 1.54) is 10.4 Å². The number of carbonyl (C=O) groups is 1. The number of aromatic nitrogens is 2. The van der Waals surface area contributed by atoms with Crippen molar-refractivity contribution in [3.63, 3.8) is 0 Å². The molecule has 8 nitrogen and oxygen atoms in total. The maximum absolute atomic E-state index is 12.9. The number of urea groups is 1. The molecule has 1 aromatic heterocycles. The van der Waals surface area contributed by atoms with Crippen LogP contribution in [0, 0.1) is 0 Å². The first-order valence-corrected chi connectivity index (χ1v) is 12.1. The van der Waals surface area contributed by atoms with Gasteiger partial charge in [0.1, 0.15) is 4.90 Å². The van der Waals surface area contributed by atoms with Crippen LogP contribution in [0.2, 0.25) is 5.02 Å². The molecule has 0 radical (unpaired) electrons. The molecule has 0 aliphatic carbocycles.